The van der Waals surface area contributed by atoms with Crippen molar-refractivity contribution in [2.75, 3.05) is 0 Å². The van der Waals surface area contributed by atoms with Gasteiger partial charge in [-0.1, -0.05) is 18.2 Å². The van der Waals surface area contributed by atoms with E-state index >= 15 is 0 Å². The van der Waals surface area contributed by atoms with Crippen LogP contribution >= 0.6 is 0 Å². The molecule has 2 N–H and O–H groups in total. The molecule has 0 saturated heterocycles. The van der Waals surface area contributed by atoms with Crippen LogP contribution in [0.25, 0.3) is 0 Å². The molecule has 0 fully saturated rings. The molecule has 0 radical (unpaired) electrons. The van der Waals surface area contributed by atoms with E-state index in [1.807, 2.05) is 12.2 Å². The Morgan fingerprint density at radius 3 is 2.91 bits per heavy atom. The highest BCUT2D eigenvalue weighted by Crippen LogP contribution is 1.98. The van der Waals surface area contributed by atoms with Crippen LogP contribution in [0.15, 0.2) is 29.3 Å². The third kappa shape index (κ3) is 2.13. The molecule has 0 aliphatic heterocycles. The molecule has 0 saturated carbocycles. The number of nitrogens with zero attached hydrogens (tertiary/aromatic N) is 1. The van der Waals surface area contributed by atoms with Crippen molar-refractivity contribution < 1.29 is 4.79 Å². The molecule has 1 atom stereocenters. The Labute approximate surface area is 65.3 Å². The number of hydrogen-bond donors (Lipinski definition) is 1. The first-order valence-electron chi connectivity index (χ1n) is 3.40. The zero-order valence-electron chi connectivity index (χ0n) is 6.32. The van der Waals surface area contributed by atoms with Crippen LogP contribution in [-0.4, -0.2) is 17.7 Å². The van der Waals surface area contributed by atoms with Gasteiger partial charge in [-0.25, -0.2) is 4.99 Å². The highest BCUT2D eigenvalue weighted by Gasteiger charge is 2.06. The Hall–Kier alpha value is -1.22. The first-order chi connectivity index (χ1) is 5.20. The van der Waals surface area contributed by atoms with Gasteiger partial charge in [0.25, 0.3) is 0 Å². The van der Waals surface area contributed by atoms with Crippen molar-refractivity contribution >= 4 is 11.6 Å². The van der Waals surface area contributed by atoms with Crippen molar-refractivity contribution in [3.05, 3.63) is 24.3 Å². The van der Waals surface area contributed by atoms with Crippen LogP contribution in [0.1, 0.15) is 6.92 Å². The van der Waals surface area contributed by atoms with E-state index in [0.717, 1.165) is 0 Å². The summed E-state index contributed by atoms with van der Waals surface area (Å²) in [5.41, 5.74) is 6.23. The summed E-state index contributed by atoms with van der Waals surface area (Å²) in [6.07, 6.45) is 7.18. The van der Waals surface area contributed by atoms with E-state index in [-0.39, 0.29) is 11.9 Å². The minimum absolute atomic E-state index is 0.213. The van der Waals surface area contributed by atoms with Crippen molar-refractivity contribution in [2.24, 2.45) is 10.7 Å². The predicted molar refractivity (Wildman–Crippen MR) is 44.4 cm³/mol. The van der Waals surface area contributed by atoms with Gasteiger partial charge in [0, 0.05) is 6.92 Å². The second-order valence-corrected chi connectivity index (χ2v) is 2.33. The van der Waals surface area contributed by atoms with Crippen LogP contribution < -0.4 is 5.73 Å². The molecule has 1 aliphatic rings. The van der Waals surface area contributed by atoms with Crippen molar-refractivity contribution in [2.45, 2.75) is 13.0 Å². The Morgan fingerprint density at radius 1 is 1.64 bits per heavy atom. The van der Waals surface area contributed by atoms with Crippen LogP contribution in [0.2, 0.25) is 0 Å². The lowest BCUT2D eigenvalue weighted by molar-refractivity contribution is -0.115. The molecule has 1 aliphatic carbocycles. The molecule has 1 rings (SSSR count). The number of hydrogen-bond acceptors (Lipinski definition) is 2. The molecular formula is C8H10N2O. The Kier molecular flexibility index (Phi) is 2.33. The summed E-state index contributed by atoms with van der Waals surface area (Å²) in [6, 6.07) is -0.233. The van der Waals surface area contributed by atoms with Gasteiger partial charge in [-0.05, 0) is 6.08 Å². The fourth-order valence-electron chi connectivity index (χ4n) is 0.841. The van der Waals surface area contributed by atoms with Crippen LogP contribution in [0, 0.1) is 0 Å². The molecule has 3 nitrogen and oxygen atoms in total. The maximum atomic E-state index is 10.6. The van der Waals surface area contributed by atoms with Gasteiger partial charge in [0.15, 0.2) is 0 Å². The molecule has 0 heterocycles. The molecule has 0 bridgehead atoms. The SMILES string of the molecule is CC(=O)N=C1C=CC=C[C@@H]1N. The standard InChI is InChI=1S/C8H10N2O/c1-6(11)10-8-5-3-2-4-7(8)9/h2-5,7H,9H2,1H3/t7-/m0/s1. The smallest absolute Gasteiger partial charge is 0.242 e. The maximum absolute atomic E-state index is 10.6. The topological polar surface area (TPSA) is 55.5 Å². The Bertz CT molecular complexity index is 251. The second kappa shape index (κ2) is 3.25. The minimum atomic E-state index is -0.233. The number of allylic oxidation sites excluding steroid dienone is 2. The van der Waals surface area contributed by atoms with Crippen molar-refractivity contribution in [1.82, 2.24) is 0 Å². The third-order valence-corrected chi connectivity index (χ3v) is 1.32. The van der Waals surface area contributed by atoms with Crippen molar-refractivity contribution in [3.63, 3.8) is 0 Å². The van der Waals surface area contributed by atoms with Gasteiger partial charge in [0.1, 0.15) is 0 Å². The molecule has 0 unspecified atom stereocenters. The van der Waals surface area contributed by atoms with E-state index in [1.54, 1.807) is 12.2 Å². The average Bonchev–Trinajstić information content (AvgIpc) is 1.93. The number of amides is 1. The van der Waals surface area contributed by atoms with Gasteiger partial charge in [-0.15, -0.1) is 0 Å². The number of carbonyl (C=O) groups excluding carboxylic acids is 1. The Balaban J connectivity index is 2.81. The van der Waals surface area contributed by atoms with E-state index in [0.29, 0.717) is 5.71 Å². The fourth-order valence-corrected chi connectivity index (χ4v) is 0.841. The molecule has 0 aromatic heterocycles. The molecule has 0 aromatic carbocycles. The molecule has 58 valence electrons. The lowest BCUT2D eigenvalue weighted by Crippen LogP contribution is -2.28. The van der Waals surface area contributed by atoms with Gasteiger partial charge in [0.2, 0.25) is 5.91 Å². The quantitative estimate of drug-likeness (QED) is 0.544. The summed E-state index contributed by atoms with van der Waals surface area (Å²) in [4.78, 5) is 14.3. The van der Waals surface area contributed by atoms with Gasteiger partial charge in [0.05, 0.1) is 11.8 Å². The summed E-state index contributed by atoms with van der Waals surface area (Å²) in [7, 11) is 0. The molecule has 11 heavy (non-hydrogen) atoms. The minimum Gasteiger partial charge on any atom is -0.319 e. The Morgan fingerprint density at radius 2 is 2.36 bits per heavy atom. The number of rotatable bonds is 0. The summed E-state index contributed by atoms with van der Waals surface area (Å²) in [6.45, 7) is 1.41. The molecular weight excluding hydrogens is 140 g/mol. The number of aliphatic imine (C=N–C) groups is 1. The molecule has 1 amide bonds. The van der Waals surface area contributed by atoms with Crippen LogP contribution in [0.3, 0.4) is 0 Å². The summed E-state index contributed by atoms with van der Waals surface area (Å²) < 4.78 is 0. The molecule has 0 spiro atoms. The van der Waals surface area contributed by atoms with Gasteiger partial charge in [-0.3, -0.25) is 4.79 Å². The number of carbonyl (C=O) groups is 1. The lowest BCUT2D eigenvalue weighted by Gasteiger charge is -2.08. The maximum Gasteiger partial charge on any atom is 0.242 e. The second-order valence-electron chi connectivity index (χ2n) is 2.33. The highest BCUT2D eigenvalue weighted by molar-refractivity contribution is 6.06. The zero-order chi connectivity index (χ0) is 8.27. The van der Waals surface area contributed by atoms with Gasteiger partial charge < -0.3 is 5.73 Å². The largest absolute Gasteiger partial charge is 0.319 e. The normalized spacial score (nSPS) is 26.0. The van der Waals surface area contributed by atoms with Gasteiger partial charge >= 0.3 is 0 Å². The first kappa shape index (κ1) is 7.88. The zero-order valence-corrected chi connectivity index (χ0v) is 6.32. The van der Waals surface area contributed by atoms with Crippen LogP contribution in [0.4, 0.5) is 0 Å². The summed E-state index contributed by atoms with van der Waals surface area (Å²) in [5, 5.41) is 0. The first-order valence-corrected chi connectivity index (χ1v) is 3.40. The highest BCUT2D eigenvalue weighted by atomic mass is 16.1. The average molecular weight is 150 g/mol. The van der Waals surface area contributed by atoms with E-state index in [2.05, 4.69) is 4.99 Å². The van der Waals surface area contributed by atoms with Crippen molar-refractivity contribution in [3.8, 4) is 0 Å². The fraction of sp³-hybridized carbons (Fsp3) is 0.250. The molecule has 3 heteroatoms. The number of nitrogens with two attached hydrogens (primary N) is 1. The van der Waals surface area contributed by atoms with E-state index in [9.17, 15) is 4.79 Å². The third-order valence-electron chi connectivity index (χ3n) is 1.32. The van der Waals surface area contributed by atoms with Crippen LogP contribution in [0.5, 0.6) is 0 Å². The van der Waals surface area contributed by atoms with E-state index in [4.69, 9.17) is 5.73 Å². The summed E-state index contributed by atoms with van der Waals surface area (Å²) >= 11 is 0. The van der Waals surface area contributed by atoms with E-state index < -0.39 is 0 Å². The van der Waals surface area contributed by atoms with E-state index in [1.165, 1.54) is 6.92 Å². The van der Waals surface area contributed by atoms with Gasteiger partial charge in [-0.2, -0.15) is 0 Å². The predicted octanol–water partition coefficient (Wildman–Crippen LogP) is 0.427. The van der Waals surface area contributed by atoms with Crippen molar-refractivity contribution in [1.29, 1.82) is 0 Å². The van der Waals surface area contributed by atoms with Crippen LogP contribution in [-0.2, 0) is 4.79 Å². The summed E-state index contributed by atoms with van der Waals surface area (Å²) in [5.74, 6) is -0.213. The monoisotopic (exact) mass is 150 g/mol. The molecule has 0 aromatic rings. The lowest BCUT2D eigenvalue weighted by atomic mass is 10.1.